The Kier molecular flexibility index (Phi) is 3.34. The van der Waals surface area contributed by atoms with Gasteiger partial charge in [-0.1, -0.05) is 0 Å². The number of hydrogen-bond acceptors (Lipinski definition) is 4. The fourth-order valence-electron chi connectivity index (χ4n) is 1.14. The topological polar surface area (TPSA) is 44.8 Å². The standard InChI is InChI=1S/C10H11O4/c1-12-8-4-7(6-11)5-9(13-2)10(8)14-3/h4-5H,1-3H3. The summed E-state index contributed by atoms with van der Waals surface area (Å²) in [6.45, 7) is 0. The van der Waals surface area contributed by atoms with Gasteiger partial charge in [0.1, 0.15) is 0 Å². The highest BCUT2D eigenvalue weighted by Gasteiger charge is 2.12. The Morgan fingerprint density at radius 3 is 1.79 bits per heavy atom. The van der Waals surface area contributed by atoms with Crippen LogP contribution in [0.3, 0.4) is 0 Å². The number of hydrogen-bond donors (Lipinski definition) is 0. The fourth-order valence-corrected chi connectivity index (χ4v) is 1.14. The van der Waals surface area contributed by atoms with E-state index in [2.05, 4.69) is 0 Å². The molecule has 14 heavy (non-hydrogen) atoms. The van der Waals surface area contributed by atoms with Crippen molar-refractivity contribution >= 4 is 6.29 Å². The molecule has 0 unspecified atom stereocenters. The SMILES string of the molecule is COc1cc([C]=O)cc(OC)c1OC. The Balaban J connectivity index is 3.31. The quantitative estimate of drug-likeness (QED) is 0.723. The van der Waals surface area contributed by atoms with Crippen molar-refractivity contribution in [1.82, 2.24) is 0 Å². The van der Waals surface area contributed by atoms with Gasteiger partial charge in [0.15, 0.2) is 11.5 Å². The minimum absolute atomic E-state index is 0.361. The van der Waals surface area contributed by atoms with E-state index < -0.39 is 0 Å². The maximum absolute atomic E-state index is 10.5. The average Bonchev–Trinajstić information content (AvgIpc) is 2.26. The number of carbonyl (C=O) groups excluding carboxylic acids is 1. The van der Waals surface area contributed by atoms with E-state index in [-0.39, 0.29) is 0 Å². The van der Waals surface area contributed by atoms with Gasteiger partial charge in [0.05, 0.1) is 21.3 Å². The molecule has 0 fully saturated rings. The van der Waals surface area contributed by atoms with Crippen molar-refractivity contribution in [2.45, 2.75) is 0 Å². The smallest absolute Gasteiger partial charge is 0.233 e. The maximum atomic E-state index is 10.5. The van der Waals surface area contributed by atoms with E-state index in [9.17, 15) is 4.79 Å². The molecular weight excluding hydrogens is 184 g/mol. The largest absolute Gasteiger partial charge is 0.493 e. The zero-order valence-corrected chi connectivity index (χ0v) is 8.29. The summed E-state index contributed by atoms with van der Waals surface area (Å²) < 4.78 is 15.2. The maximum Gasteiger partial charge on any atom is 0.233 e. The molecular formula is C10H11O4. The third-order valence-electron chi connectivity index (χ3n) is 1.78. The van der Waals surface area contributed by atoms with Crippen molar-refractivity contribution < 1.29 is 19.0 Å². The lowest BCUT2D eigenvalue weighted by Crippen LogP contribution is -1.96. The molecule has 0 spiro atoms. The van der Waals surface area contributed by atoms with Gasteiger partial charge in [-0.25, -0.2) is 0 Å². The van der Waals surface area contributed by atoms with Gasteiger partial charge >= 0.3 is 0 Å². The Bertz CT molecular complexity index is 308. The molecule has 0 aliphatic rings. The first-order valence-electron chi connectivity index (χ1n) is 3.95. The molecule has 0 bridgehead atoms. The van der Waals surface area contributed by atoms with Crippen molar-refractivity contribution in [3.05, 3.63) is 17.7 Å². The van der Waals surface area contributed by atoms with Gasteiger partial charge in [0.25, 0.3) is 0 Å². The third-order valence-corrected chi connectivity index (χ3v) is 1.78. The van der Waals surface area contributed by atoms with Gasteiger partial charge in [-0.2, -0.15) is 0 Å². The Morgan fingerprint density at radius 2 is 1.50 bits per heavy atom. The number of methoxy groups -OCH3 is 3. The second-order valence-corrected chi connectivity index (χ2v) is 2.52. The molecule has 0 amide bonds. The van der Waals surface area contributed by atoms with E-state index in [0.717, 1.165) is 0 Å². The van der Waals surface area contributed by atoms with Crippen LogP contribution in [0.5, 0.6) is 17.2 Å². The molecule has 0 N–H and O–H groups in total. The molecule has 0 saturated heterocycles. The van der Waals surface area contributed by atoms with Crippen LogP contribution in [0.25, 0.3) is 0 Å². The van der Waals surface area contributed by atoms with Crippen LogP contribution in [0.2, 0.25) is 0 Å². The predicted octanol–water partition coefficient (Wildman–Crippen LogP) is 1.17. The van der Waals surface area contributed by atoms with Crippen LogP contribution in [-0.4, -0.2) is 27.6 Å². The molecule has 4 nitrogen and oxygen atoms in total. The van der Waals surface area contributed by atoms with Gasteiger partial charge in [0.2, 0.25) is 12.0 Å². The van der Waals surface area contributed by atoms with E-state index >= 15 is 0 Å². The lowest BCUT2D eigenvalue weighted by molar-refractivity contribution is 0.324. The highest BCUT2D eigenvalue weighted by atomic mass is 16.5. The van der Waals surface area contributed by atoms with Gasteiger partial charge in [-0.3, -0.25) is 4.79 Å². The average molecular weight is 195 g/mol. The molecule has 0 heterocycles. The molecule has 1 radical (unpaired) electrons. The number of rotatable bonds is 4. The third kappa shape index (κ3) is 1.79. The summed E-state index contributed by atoms with van der Waals surface area (Å²) in [6.07, 6.45) is 1.76. The molecule has 0 aliphatic carbocycles. The normalized spacial score (nSPS) is 9.36. The van der Waals surface area contributed by atoms with Gasteiger partial charge in [0, 0.05) is 5.56 Å². The summed E-state index contributed by atoms with van der Waals surface area (Å²) in [5.74, 6) is 1.37. The second-order valence-electron chi connectivity index (χ2n) is 2.52. The van der Waals surface area contributed by atoms with Crippen LogP contribution in [0.15, 0.2) is 12.1 Å². The van der Waals surface area contributed by atoms with E-state index in [1.54, 1.807) is 6.29 Å². The summed E-state index contributed by atoms with van der Waals surface area (Å²) in [5, 5.41) is 0. The van der Waals surface area contributed by atoms with Crippen molar-refractivity contribution in [3.8, 4) is 17.2 Å². The predicted molar refractivity (Wildman–Crippen MR) is 50.9 cm³/mol. The van der Waals surface area contributed by atoms with E-state index in [1.165, 1.54) is 33.5 Å². The van der Waals surface area contributed by atoms with Crippen LogP contribution in [-0.2, 0) is 4.79 Å². The summed E-state index contributed by atoms with van der Waals surface area (Å²) >= 11 is 0. The molecule has 75 valence electrons. The Hall–Kier alpha value is -1.71. The minimum atomic E-state index is 0.361. The number of ether oxygens (including phenoxy) is 3. The van der Waals surface area contributed by atoms with Gasteiger partial charge < -0.3 is 14.2 Å². The monoisotopic (exact) mass is 195 g/mol. The van der Waals surface area contributed by atoms with Crippen molar-refractivity contribution in [2.75, 3.05) is 21.3 Å². The van der Waals surface area contributed by atoms with Gasteiger partial charge in [-0.15, -0.1) is 0 Å². The summed E-state index contributed by atoms with van der Waals surface area (Å²) in [4.78, 5) is 10.5. The van der Waals surface area contributed by atoms with Gasteiger partial charge in [-0.05, 0) is 12.1 Å². The molecule has 0 aliphatic heterocycles. The number of benzene rings is 1. The fraction of sp³-hybridized carbons (Fsp3) is 0.300. The van der Waals surface area contributed by atoms with Crippen LogP contribution < -0.4 is 14.2 Å². The zero-order valence-electron chi connectivity index (χ0n) is 8.29. The van der Waals surface area contributed by atoms with Crippen LogP contribution in [0.4, 0.5) is 0 Å². The second kappa shape index (κ2) is 4.50. The van der Waals surface area contributed by atoms with E-state index in [4.69, 9.17) is 14.2 Å². The molecule has 4 heteroatoms. The molecule has 0 aromatic heterocycles. The molecule has 0 atom stereocenters. The Labute approximate surface area is 82.4 Å². The van der Waals surface area contributed by atoms with Crippen LogP contribution in [0, 0.1) is 0 Å². The molecule has 1 aromatic rings. The zero-order chi connectivity index (χ0) is 10.6. The highest BCUT2D eigenvalue weighted by Crippen LogP contribution is 2.37. The van der Waals surface area contributed by atoms with Crippen molar-refractivity contribution in [2.24, 2.45) is 0 Å². The van der Waals surface area contributed by atoms with Crippen LogP contribution >= 0.6 is 0 Å². The lowest BCUT2D eigenvalue weighted by Gasteiger charge is -2.11. The van der Waals surface area contributed by atoms with E-state index in [0.29, 0.717) is 22.8 Å². The molecule has 1 aromatic carbocycles. The molecule has 1 rings (SSSR count). The molecule has 0 saturated carbocycles. The van der Waals surface area contributed by atoms with Crippen molar-refractivity contribution in [1.29, 1.82) is 0 Å². The first-order chi connectivity index (χ1) is 6.76. The van der Waals surface area contributed by atoms with Crippen LogP contribution in [0.1, 0.15) is 5.56 Å². The first-order valence-corrected chi connectivity index (χ1v) is 3.95. The Morgan fingerprint density at radius 1 is 1.00 bits per heavy atom. The minimum Gasteiger partial charge on any atom is -0.493 e. The van der Waals surface area contributed by atoms with Crippen molar-refractivity contribution in [3.63, 3.8) is 0 Å². The highest BCUT2D eigenvalue weighted by molar-refractivity contribution is 5.78. The summed E-state index contributed by atoms with van der Waals surface area (Å²) in [6, 6.07) is 3.07. The summed E-state index contributed by atoms with van der Waals surface area (Å²) in [5.41, 5.74) is 0.361. The van der Waals surface area contributed by atoms with E-state index in [1.807, 2.05) is 0 Å². The summed E-state index contributed by atoms with van der Waals surface area (Å²) in [7, 11) is 4.49. The lowest BCUT2D eigenvalue weighted by atomic mass is 10.2. The first kappa shape index (κ1) is 10.4.